The summed E-state index contributed by atoms with van der Waals surface area (Å²) in [7, 11) is 1.89. The van der Waals surface area contributed by atoms with Crippen molar-refractivity contribution in [3.8, 4) is 0 Å². The maximum Gasteiger partial charge on any atom is 0.227 e. The van der Waals surface area contributed by atoms with Crippen molar-refractivity contribution in [3.05, 3.63) is 29.3 Å². The van der Waals surface area contributed by atoms with Crippen LogP contribution in [0.25, 0.3) is 0 Å². The van der Waals surface area contributed by atoms with Crippen LogP contribution in [0.15, 0.2) is 18.2 Å². The van der Waals surface area contributed by atoms with E-state index in [-0.39, 0.29) is 18.3 Å². The van der Waals surface area contributed by atoms with Gasteiger partial charge in [-0.25, -0.2) is 0 Å². The summed E-state index contributed by atoms with van der Waals surface area (Å²) in [5.74, 6) is 0.234. The van der Waals surface area contributed by atoms with Crippen LogP contribution < -0.4 is 10.2 Å². The number of halogens is 1. The number of anilines is 1. The second-order valence-corrected chi connectivity index (χ2v) is 7.63. The molecule has 3 aliphatic rings. The van der Waals surface area contributed by atoms with Gasteiger partial charge in [0.25, 0.3) is 0 Å². The summed E-state index contributed by atoms with van der Waals surface area (Å²) in [6, 6.07) is 6.67. The summed E-state index contributed by atoms with van der Waals surface area (Å²) >= 11 is 0. The maximum absolute atomic E-state index is 11.8. The topological polar surface area (TPSA) is 35.6 Å². The molecule has 4 rings (SSSR count). The number of amides is 1. The zero-order chi connectivity index (χ0) is 15.9. The standard InChI is InChI=1S/C19H27N3O.ClH/c1-21-17-4-2-15(12-16(17)3-5-18(21)23)13-22-11-8-19(14-22)6-9-20-10-7-19;/h2,4,12,20H,3,5-11,13-14H2,1H3;1H. The van der Waals surface area contributed by atoms with E-state index in [0.717, 1.165) is 18.7 Å². The zero-order valence-electron chi connectivity index (χ0n) is 14.5. The molecule has 2 saturated heterocycles. The molecule has 1 aromatic carbocycles. The van der Waals surface area contributed by atoms with Crippen LogP contribution in [-0.2, 0) is 17.8 Å². The van der Waals surface area contributed by atoms with Crippen molar-refractivity contribution in [3.63, 3.8) is 0 Å². The monoisotopic (exact) mass is 349 g/mol. The van der Waals surface area contributed by atoms with E-state index < -0.39 is 0 Å². The van der Waals surface area contributed by atoms with Crippen LogP contribution in [0.4, 0.5) is 5.69 Å². The van der Waals surface area contributed by atoms with E-state index in [2.05, 4.69) is 28.4 Å². The van der Waals surface area contributed by atoms with E-state index in [9.17, 15) is 4.79 Å². The molecule has 1 N–H and O–H groups in total. The largest absolute Gasteiger partial charge is 0.317 e. The smallest absolute Gasteiger partial charge is 0.227 e. The number of benzene rings is 1. The van der Waals surface area contributed by atoms with Gasteiger partial charge < -0.3 is 10.2 Å². The Kier molecular flexibility index (Phi) is 5.19. The molecule has 4 nitrogen and oxygen atoms in total. The molecule has 0 saturated carbocycles. The molecule has 5 heteroatoms. The first kappa shape index (κ1) is 17.7. The van der Waals surface area contributed by atoms with Crippen molar-refractivity contribution in [2.24, 2.45) is 5.41 Å². The Morgan fingerprint density at radius 3 is 2.75 bits per heavy atom. The summed E-state index contributed by atoms with van der Waals surface area (Å²) < 4.78 is 0. The third-order valence-corrected chi connectivity index (χ3v) is 6.08. The molecule has 3 heterocycles. The molecule has 1 aromatic rings. The van der Waals surface area contributed by atoms with Gasteiger partial charge >= 0.3 is 0 Å². The third kappa shape index (κ3) is 3.32. The third-order valence-electron chi connectivity index (χ3n) is 6.08. The zero-order valence-corrected chi connectivity index (χ0v) is 15.3. The van der Waals surface area contributed by atoms with Gasteiger partial charge in [0.15, 0.2) is 0 Å². The first-order chi connectivity index (χ1) is 11.2. The van der Waals surface area contributed by atoms with Gasteiger partial charge in [-0.3, -0.25) is 9.69 Å². The van der Waals surface area contributed by atoms with Gasteiger partial charge in [0.2, 0.25) is 5.91 Å². The fraction of sp³-hybridized carbons (Fsp3) is 0.632. The minimum Gasteiger partial charge on any atom is -0.317 e. The summed E-state index contributed by atoms with van der Waals surface area (Å²) in [6.07, 6.45) is 5.56. The Morgan fingerprint density at radius 2 is 1.96 bits per heavy atom. The van der Waals surface area contributed by atoms with Crippen LogP contribution in [0.1, 0.15) is 36.8 Å². The molecule has 0 bridgehead atoms. The lowest BCUT2D eigenvalue weighted by molar-refractivity contribution is -0.118. The van der Waals surface area contributed by atoms with E-state index in [1.807, 2.05) is 11.9 Å². The molecule has 2 fully saturated rings. The number of carbonyl (C=O) groups excluding carboxylic acids is 1. The van der Waals surface area contributed by atoms with Crippen molar-refractivity contribution in [2.45, 2.75) is 38.6 Å². The van der Waals surface area contributed by atoms with Crippen LogP contribution in [0.5, 0.6) is 0 Å². The highest BCUT2D eigenvalue weighted by Crippen LogP contribution is 2.39. The number of hydrogen-bond donors (Lipinski definition) is 1. The quantitative estimate of drug-likeness (QED) is 0.891. The average Bonchev–Trinajstić information content (AvgIpc) is 2.94. The van der Waals surface area contributed by atoms with Gasteiger partial charge in [-0.2, -0.15) is 0 Å². The molecule has 0 atom stereocenters. The van der Waals surface area contributed by atoms with E-state index in [0.29, 0.717) is 11.8 Å². The highest BCUT2D eigenvalue weighted by molar-refractivity contribution is 5.95. The molecule has 24 heavy (non-hydrogen) atoms. The van der Waals surface area contributed by atoms with Gasteiger partial charge in [-0.15, -0.1) is 12.4 Å². The number of piperidine rings is 1. The van der Waals surface area contributed by atoms with Gasteiger partial charge in [0, 0.05) is 32.2 Å². The number of nitrogens with one attached hydrogen (secondary N) is 1. The molecule has 0 aliphatic carbocycles. The molecule has 0 aromatic heterocycles. The molecule has 0 radical (unpaired) electrons. The molecule has 3 aliphatic heterocycles. The van der Waals surface area contributed by atoms with E-state index in [1.165, 1.54) is 56.6 Å². The van der Waals surface area contributed by atoms with Crippen molar-refractivity contribution in [1.29, 1.82) is 0 Å². The number of hydrogen-bond acceptors (Lipinski definition) is 3. The lowest BCUT2D eigenvalue weighted by atomic mass is 9.78. The SMILES string of the molecule is CN1C(=O)CCc2cc(CN3CCC4(CCNCC4)C3)ccc21.Cl. The maximum atomic E-state index is 11.8. The Hall–Kier alpha value is -1.10. The fourth-order valence-corrected chi connectivity index (χ4v) is 4.59. The highest BCUT2D eigenvalue weighted by Gasteiger charge is 2.38. The number of carbonyl (C=O) groups is 1. The first-order valence-corrected chi connectivity index (χ1v) is 8.97. The molecular formula is C19H28ClN3O. The number of rotatable bonds is 2. The summed E-state index contributed by atoms with van der Waals surface area (Å²) in [6.45, 7) is 5.92. The lowest BCUT2D eigenvalue weighted by Crippen LogP contribution is -2.38. The van der Waals surface area contributed by atoms with E-state index in [4.69, 9.17) is 0 Å². The fourth-order valence-electron chi connectivity index (χ4n) is 4.59. The first-order valence-electron chi connectivity index (χ1n) is 8.97. The Labute approximate surface area is 151 Å². The number of fused-ring (bicyclic) bond motifs is 1. The van der Waals surface area contributed by atoms with Crippen molar-refractivity contribution >= 4 is 24.0 Å². The number of aryl methyl sites for hydroxylation is 1. The minimum atomic E-state index is 0. The summed E-state index contributed by atoms with van der Waals surface area (Å²) in [5, 5.41) is 3.49. The predicted octanol–water partition coefficient (Wildman–Crippen LogP) is 2.59. The van der Waals surface area contributed by atoms with Crippen LogP contribution in [0.2, 0.25) is 0 Å². The lowest BCUT2D eigenvalue weighted by Gasteiger charge is -2.34. The van der Waals surface area contributed by atoms with Gasteiger partial charge in [-0.05, 0) is 67.9 Å². The summed E-state index contributed by atoms with van der Waals surface area (Å²) in [4.78, 5) is 16.2. The van der Waals surface area contributed by atoms with Gasteiger partial charge in [-0.1, -0.05) is 12.1 Å². The minimum absolute atomic E-state index is 0. The van der Waals surface area contributed by atoms with Gasteiger partial charge in [0.1, 0.15) is 0 Å². The van der Waals surface area contributed by atoms with Crippen LogP contribution in [0, 0.1) is 5.41 Å². The van der Waals surface area contributed by atoms with Crippen LogP contribution >= 0.6 is 12.4 Å². The predicted molar refractivity (Wildman–Crippen MR) is 99.9 cm³/mol. The Morgan fingerprint density at radius 1 is 1.17 bits per heavy atom. The molecule has 1 spiro atoms. The Balaban J connectivity index is 0.00000169. The van der Waals surface area contributed by atoms with E-state index >= 15 is 0 Å². The van der Waals surface area contributed by atoms with Crippen LogP contribution in [0.3, 0.4) is 0 Å². The molecule has 0 unspecified atom stereocenters. The van der Waals surface area contributed by atoms with Crippen molar-refractivity contribution < 1.29 is 4.79 Å². The highest BCUT2D eigenvalue weighted by atomic mass is 35.5. The van der Waals surface area contributed by atoms with Crippen molar-refractivity contribution in [1.82, 2.24) is 10.2 Å². The Bertz CT molecular complexity index is 613. The average molecular weight is 350 g/mol. The second kappa shape index (κ2) is 7.03. The molecule has 1 amide bonds. The second-order valence-electron chi connectivity index (χ2n) is 7.63. The molecular weight excluding hydrogens is 322 g/mol. The van der Waals surface area contributed by atoms with Gasteiger partial charge in [0.05, 0.1) is 0 Å². The number of nitrogens with zero attached hydrogens (tertiary/aromatic N) is 2. The van der Waals surface area contributed by atoms with Crippen LogP contribution in [-0.4, -0.2) is 44.0 Å². The van der Waals surface area contributed by atoms with Crippen molar-refractivity contribution in [2.75, 3.05) is 38.1 Å². The normalized spacial score (nSPS) is 23.2. The summed E-state index contributed by atoms with van der Waals surface area (Å²) in [5.41, 5.74) is 4.41. The van der Waals surface area contributed by atoms with E-state index in [1.54, 1.807) is 0 Å². The molecule has 132 valence electrons. The number of likely N-dealkylation sites (tertiary alicyclic amines) is 1.